The Balaban J connectivity index is 2.73. The molecule has 0 aliphatic heterocycles. The Bertz CT molecular complexity index is 448. The van der Waals surface area contributed by atoms with E-state index in [4.69, 9.17) is 10.8 Å². The van der Waals surface area contributed by atoms with Crippen LogP contribution >= 0.6 is 0 Å². The minimum atomic E-state index is -0.359. The van der Waals surface area contributed by atoms with E-state index in [0.717, 1.165) is 16.7 Å². The highest BCUT2D eigenvalue weighted by molar-refractivity contribution is 5.33. The Morgan fingerprint density at radius 2 is 2.06 bits per heavy atom. The molecule has 0 aliphatic rings. The summed E-state index contributed by atoms with van der Waals surface area (Å²) in [5.74, 6) is 0. The number of hydrogen-bond donors (Lipinski definition) is 1. The Morgan fingerprint density at radius 1 is 1.41 bits per heavy atom. The first kappa shape index (κ1) is 13.0. The van der Waals surface area contributed by atoms with Crippen molar-refractivity contribution in [2.24, 2.45) is 5.11 Å². The van der Waals surface area contributed by atoms with E-state index in [9.17, 15) is 0 Å². The number of benzene rings is 1. The fourth-order valence-electron chi connectivity index (χ4n) is 1.72. The maximum atomic E-state index is 9.10. The van der Waals surface area contributed by atoms with Crippen molar-refractivity contribution in [1.29, 1.82) is 5.26 Å². The molecular weight excluding hydrogens is 214 g/mol. The van der Waals surface area contributed by atoms with Crippen molar-refractivity contribution in [2.45, 2.75) is 19.9 Å². The van der Waals surface area contributed by atoms with Crippen LogP contribution in [-0.4, -0.2) is 13.1 Å². The molecule has 1 N–H and O–H groups in total. The molecule has 0 radical (unpaired) electrons. The van der Waals surface area contributed by atoms with Gasteiger partial charge in [-0.1, -0.05) is 34.4 Å². The lowest BCUT2D eigenvalue weighted by Gasteiger charge is -2.12. The lowest BCUT2D eigenvalue weighted by molar-refractivity contribution is 0.634. The molecule has 0 bridgehead atoms. The normalized spacial score (nSPS) is 11.4. The minimum Gasteiger partial charge on any atom is -0.298 e. The molecule has 88 valence electrons. The van der Waals surface area contributed by atoms with Crippen LogP contribution in [0.3, 0.4) is 0 Å². The van der Waals surface area contributed by atoms with E-state index in [1.807, 2.05) is 26.0 Å². The first-order chi connectivity index (χ1) is 8.17. The molecule has 17 heavy (non-hydrogen) atoms. The van der Waals surface area contributed by atoms with E-state index in [2.05, 4.69) is 27.5 Å². The third-order valence-corrected chi connectivity index (χ3v) is 2.33. The molecule has 0 aliphatic carbocycles. The van der Waals surface area contributed by atoms with Crippen LogP contribution in [0.5, 0.6) is 0 Å². The Kier molecular flexibility index (Phi) is 5.02. The summed E-state index contributed by atoms with van der Waals surface area (Å²) in [6, 6.07) is 7.89. The molecule has 0 saturated carbocycles. The number of hydrogen-bond acceptors (Lipinski definition) is 3. The van der Waals surface area contributed by atoms with Crippen molar-refractivity contribution in [2.75, 3.05) is 13.1 Å². The second kappa shape index (κ2) is 6.54. The molecule has 1 unspecified atom stereocenters. The summed E-state index contributed by atoms with van der Waals surface area (Å²) in [4.78, 5) is 2.66. The molecule has 1 aromatic carbocycles. The first-order valence-electron chi connectivity index (χ1n) is 5.39. The van der Waals surface area contributed by atoms with Gasteiger partial charge in [0.15, 0.2) is 0 Å². The SMILES string of the molecule is Cc1cc(C)cc(C(C#N)NCCN=[N+]=[N-])c1. The number of nitrogens with one attached hydrogen (secondary N) is 1. The zero-order chi connectivity index (χ0) is 12.7. The van der Waals surface area contributed by atoms with Gasteiger partial charge < -0.3 is 0 Å². The summed E-state index contributed by atoms with van der Waals surface area (Å²) in [6.07, 6.45) is 0. The monoisotopic (exact) mass is 229 g/mol. The van der Waals surface area contributed by atoms with Crippen molar-refractivity contribution in [3.8, 4) is 6.07 Å². The van der Waals surface area contributed by atoms with Crippen LogP contribution in [0.15, 0.2) is 23.3 Å². The Labute approximate surface area is 101 Å². The molecule has 0 amide bonds. The first-order valence-corrected chi connectivity index (χ1v) is 5.39. The van der Waals surface area contributed by atoms with Gasteiger partial charge in [0, 0.05) is 18.0 Å². The largest absolute Gasteiger partial charge is 0.298 e. The highest BCUT2D eigenvalue weighted by atomic mass is 15.1. The van der Waals surface area contributed by atoms with Gasteiger partial charge in [-0.15, -0.1) is 0 Å². The van der Waals surface area contributed by atoms with Crippen molar-refractivity contribution in [3.63, 3.8) is 0 Å². The van der Waals surface area contributed by atoms with E-state index >= 15 is 0 Å². The molecule has 1 rings (SSSR count). The van der Waals surface area contributed by atoms with Crippen LogP contribution in [0.1, 0.15) is 22.7 Å². The average molecular weight is 229 g/mol. The van der Waals surface area contributed by atoms with E-state index < -0.39 is 0 Å². The predicted molar refractivity (Wildman–Crippen MR) is 66.3 cm³/mol. The van der Waals surface area contributed by atoms with Crippen LogP contribution in [0.4, 0.5) is 0 Å². The van der Waals surface area contributed by atoms with Crippen LogP contribution in [0, 0.1) is 25.2 Å². The number of azide groups is 1. The summed E-state index contributed by atoms with van der Waals surface area (Å²) in [6.45, 7) is 4.85. The molecular formula is C12H15N5. The minimum absolute atomic E-state index is 0.347. The van der Waals surface area contributed by atoms with Gasteiger partial charge in [0.2, 0.25) is 0 Å². The highest BCUT2D eigenvalue weighted by Crippen LogP contribution is 2.16. The molecule has 5 nitrogen and oxygen atoms in total. The van der Waals surface area contributed by atoms with E-state index in [0.29, 0.717) is 13.1 Å². The molecule has 0 aromatic heterocycles. The Morgan fingerprint density at radius 3 is 2.59 bits per heavy atom. The van der Waals surface area contributed by atoms with E-state index in [1.165, 1.54) is 0 Å². The summed E-state index contributed by atoms with van der Waals surface area (Å²) < 4.78 is 0. The maximum absolute atomic E-state index is 9.10. The lowest BCUT2D eigenvalue weighted by Crippen LogP contribution is -2.22. The number of nitriles is 1. The van der Waals surface area contributed by atoms with Crippen LogP contribution in [0.25, 0.3) is 10.4 Å². The van der Waals surface area contributed by atoms with E-state index in [-0.39, 0.29) is 6.04 Å². The summed E-state index contributed by atoms with van der Waals surface area (Å²) >= 11 is 0. The highest BCUT2D eigenvalue weighted by Gasteiger charge is 2.09. The molecule has 1 atom stereocenters. The standard InChI is InChI=1S/C12H15N5/c1-9-5-10(2)7-11(6-9)12(8-13)15-3-4-16-17-14/h5-7,12,15H,3-4H2,1-2H3. The summed E-state index contributed by atoms with van der Waals surface area (Å²) in [7, 11) is 0. The topological polar surface area (TPSA) is 84.6 Å². The third-order valence-electron chi connectivity index (χ3n) is 2.33. The van der Waals surface area contributed by atoms with Gasteiger partial charge in [-0.05, 0) is 24.9 Å². The molecule has 0 saturated heterocycles. The quantitative estimate of drug-likeness (QED) is 0.364. The van der Waals surface area contributed by atoms with Crippen LogP contribution < -0.4 is 5.32 Å². The van der Waals surface area contributed by atoms with Gasteiger partial charge in [0.05, 0.1) is 6.07 Å². The van der Waals surface area contributed by atoms with Gasteiger partial charge >= 0.3 is 0 Å². The average Bonchev–Trinajstić information content (AvgIpc) is 2.28. The Hall–Kier alpha value is -2.02. The second-order valence-corrected chi connectivity index (χ2v) is 3.89. The van der Waals surface area contributed by atoms with Gasteiger partial charge in [0.25, 0.3) is 0 Å². The van der Waals surface area contributed by atoms with Crippen LogP contribution in [-0.2, 0) is 0 Å². The molecule has 0 fully saturated rings. The summed E-state index contributed by atoms with van der Waals surface area (Å²) in [5, 5.41) is 15.6. The number of nitrogens with zero attached hydrogens (tertiary/aromatic N) is 4. The zero-order valence-corrected chi connectivity index (χ0v) is 10.0. The fraction of sp³-hybridized carbons (Fsp3) is 0.417. The van der Waals surface area contributed by atoms with Crippen molar-refractivity contribution in [3.05, 3.63) is 45.3 Å². The van der Waals surface area contributed by atoms with Gasteiger partial charge in [-0.2, -0.15) is 5.26 Å². The number of rotatable bonds is 5. The zero-order valence-electron chi connectivity index (χ0n) is 10.0. The van der Waals surface area contributed by atoms with Crippen molar-refractivity contribution >= 4 is 0 Å². The fourth-order valence-corrected chi connectivity index (χ4v) is 1.72. The van der Waals surface area contributed by atoms with Crippen molar-refractivity contribution < 1.29 is 0 Å². The summed E-state index contributed by atoms with van der Waals surface area (Å²) in [5.41, 5.74) is 11.4. The molecule has 0 heterocycles. The molecule has 0 spiro atoms. The molecule has 5 heteroatoms. The van der Waals surface area contributed by atoms with E-state index in [1.54, 1.807) is 0 Å². The van der Waals surface area contributed by atoms with Crippen LogP contribution in [0.2, 0.25) is 0 Å². The third kappa shape index (κ3) is 4.15. The maximum Gasteiger partial charge on any atom is 0.121 e. The smallest absolute Gasteiger partial charge is 0.121 e. The van der Waals surface area contributed by atoms with Gasteiger partial charge in [-0.25, -0.2) is 0 Å². The molecule has 1 aromatic rings. The van der Waals surface area contributed by atoms with Gasteiger partial charge in [0.1, 0.15) is 6.04 Å². The van der Waals surface area contributed by atoms with Crippen molar-refractivity contribution in [1.82, 2.24) is 5.32 Å². The number of aryl methyl sites for hydroxylation is 2. The predicted octanol–water partition coefficient (Wildman–Crippen LogP) is 2.77. The second-order valence-electron chi connectivity index (χ2n) is 3.89. The lowest BCUT2D eigenvalue weighted by atomic mass is 10.0. The van der Waals surface area contributed by atoms with Gasteiger partial charge in [-0.3, -0.25) is 5.32 Å².